The second kappa shape index (κ2) is 8.31. The Hall–Kier alpha value is -2.06. The summed E-state index contributed by atoms with van der Waals surface area (Å²) in [5.41, 5.74) is 0.632. The van der Waals surface area contributed by atoms with E-state index in [0.717, 1.165) is 10.8 Å². The number of nitrogens with one attached hydrogen (secondary N) is 1. The number of hydrogen-bond acceptors (Lipinski definition) is 6. The van der Waals surface area contributed by atoms with E-state index in [0.29, 0.717) is 12.1 Å². The van der Waals surface area contributed by atoms with E-state index in [-0.39, 0.29) is 22.5 Å². The number of hydrogen-bond donors (Lipinski definition) is 1. The van der Waals surface area contributed by atoms with Crippen LogP contribution in [0.4, 0.5) is 5.69 Å². The minimum absolute atomic E-state index is 0.0355. The molecule has 0 spiro atoms. The van der Waals surface area contributed by atoms with Gasteiger partial charge in [0.15, 0.2) is 15.9 Å². The number of rotatable bonds is 6. The largest absolute Gasteiger partial charge is 0.452 e. The Morgan fingerprint density at radius 1 is 1.22 bits per heavy atom. The van der Waals surface area contributed by atoms with Crippen LogP contribution in [0.1, 0.15) is 13.3 Å². The van der Waals surface area contributed by atoms with Crippen molar-refractivity contribution in [3.63, 3.8) is 0 Å². The van der Waals surface area contributed by atoms with Crippen molar-refractivity contribution < 1.29 is 22.7 Å². The molecule has 1 amide bonds. The molecular formula is C19H21NO5S2. The van der Waals surface area contributed by atoms with Crippen LogP contribution in [0.2, 0.25) is 0 Å². The third kappa shape index (κ3) is 5.46. The second-order valence-electron chi connectivity index (χ2n) is 6.52. The van der Waals surface area contributed by atoms with Crippen LogP contribution in [0.5, 0.6) is 0 Å². The standard InChI is InChI=1S/C19H21NO5S2/c1-13(25-18(21)11-26-17-8-9-27(23,24)12-17)19(22)20-16-7-6-14-4-2-3-5-15(14)10-16/h2-7,10,13,17H,8-9,11-12H2,1H3,(H,20,22)/t13-,17-/m0/s1. The fraction of sp³-hybridized carbons (Fsp3) is 0.368. The lowest BCUT2D eigenvalue weighted by molar-refractivity contribution is -0.150. The first-order chi connectivity index (χ1) is 12.8. The number of amides is 1. The van der Waals surface area contributed by atoms with Crippen molar-refractivity contribution in [1.82, 2.24) is 0 Å². The molecule has 3 rings (SSSR count). The van der Waals surface area contributed by atoms with Gasteiger partial charge in [-0.15, -0.1) is 11.8 Å². The van der Waals surface area contributed by atoms with E-state index >= 15 is 0 Å². The highest BCUT2D eigenvalue weighted by Gasteiger charge is 2.29. The quantitative estimate of drug-likeness (QED) is 0.741. The van der Waals surface area contributed by atoms with Gasteiger partial charge in [0.25, 0.3) is 5.91 Å². The van der Waals surface area contributed by atoms with Gasteiger partial charge in [0.05, 0.1) is 17.3 Å². The number of carbonyl (C=O) groups is 2. The van der Waals surface area contributed by atoms with E-state index in [1.54, 1.807) is 6.07 Å². The lowest BCUT2D eigenvalue weighted by atomic mass is 10.1. The van der Waals surface area contributed by atoms with Crippen molar-refractivity contribution in [2.75, 3.05) is 22.6 Å². The molecule has 2 aromatic carbocycles. The van der Waals surface area contributed by atoms with Gasteiger partial charge in [-0.3, -0.25) is 9.59 Å². The van der Waals surface area contributed by atoms with Gasteiger partial charge in [-0.1, -0.05) is 30.3 Å². The summed E-state index contributed by atoms with van der Waals surface area (Å²) in [6.07, 6.45) is -0.380. The molecule has 1 N–H and O–H groups in total. The molecule has 6 nitrogen and oxygen atoms in total. The Morgan fingerprint density at radius 3 is 2.67 bits per heavy atom. The molecule has 27 heavy (non-hydrogen) atoms. The molecule has 8 heteroatoms. The zero-order valence-corrected chi connectivity index (χ0v) is 16.5. The van der Waals surface area contributed by atoms with Crippen LogP contribution < -0.4 is 5.32 Å². The van der Waals surface area contributed by atoms with E-state index in [1.165, 1.54) is 18.7 Å². The molecule has 144 valence electrons. The van der Waals surface area contributed by atoms with E-state index < -0.39 is 27.8 Å². The molecule has 0 aromatic heterocycles. The van der Waals surface area contributed by atoms with Crippen molar-refractivity contribution in [2.24, 2.45) is 0 Å². The number of ether oxygens (including phenoxy) is 1. The molecule has 1 aliphatic rings. The Labute approximate surface area is 162 Å². The molecule has 1 fully saturated rings. The van der Waals surface area contributed by atoms with Crippen LogP contribution in [-0.4, -0.2) is 48.9 Å². The summed E-state index contributed by atoms with van der Waals surface area (Å²) >= 11 is 1.27. The summed E-state index contributed by atoms with van der Waals surface area (Å²) in [4.78, 5) is 24.2. The fourth-order valence-corrected chi connectivity index (χ4v) is 6.30. The fourth-order valence-electron chi connectivity index (χ4n) is 2.87. The van der Waals surface area contributed by atoms with E-state index in [9.17, 15) is 18.0 Å². The van der Waals surface area contributed by atoms with Crippen LogP contribution >= 0.6 is 11.8 Å². The maximum atomic E-state index is 12.3. The Kier molecular flexibility index (Phi) is 6.06. The molecular weight excluding hydrogens is 386 g/mol. The molecule has 1 aliphatic heterocycles. The smallest absolute Gasteiger partial charge is 0.316 e. The molecule has 0 bridgehead atoms. The average molecular weight is 408 g/mol. The average Bonchev–Trinajstić information content (AvgIpc) is 2.98. The highest BCUT2D eigenvalue weighted by Crippen LogP contribution is 2.24. The van der Waals surface area contributed by atoms with Gasteiger partial charge in [-0.05, 0) is 36.2 Å². The zero-order chi connectivity index (χ0) is 19.4. The Bertz CT molecular complexity index is 957. The molecule has 0 saturated carbocycles. The van der Waals surface area contributed by atoms with Crippen LogP contribution in [-0.2, 0) is 24.2 Å². The summed E-state index contributed by atoms with van der Waals surface area (Å²) in [6.45, 7) is 1.51. The first-order valence-electron chi connectivity index (χ1n) is 8.63. The lowest BCUT2D eigenvalue weighted by Gasteiger charge is -2.14. The summed E-state index contributed by atoms with van der Waals surface area (Å²) in [6, 6.07) is 13.4. The predicted molar refractivity (Wildman–Crippen MR) is 108 cm³/mol. The highest BCUT2D eigenvalue weighted by molar-refractivity contribution is 8.02. The third-order valence-corrected chi connectivity index (χ3v) is 7.58. The van der Waals surface area contributed by atoms with E-state index in [2.05, 4.69) is 5.32 Å². The Morgan fingerprint density at radius 2 is 1.96 bits per heavy atom. The van der Waals surface area contributed by atoms with Gasteiger partial charge in [0.1, 0.15) is 0 Å². The van der Waals surface area contributed by atoms with Gasteiger partial charge < -0.3 is 10.1 Å². The second-order valence-corrected chi connectivity index (χ2v) is 10.0. The van der Waals surface area contributed by atoms with Crippen LogP contribution in [0.3, 0.4) is 0 Å². The van der Waals surface area contributed by atoms with Crippen LogP contribution in [0, 0.1) is 0 Å². The maximum Gasteiger partial charge on any atom is 0.316 e. The predicted octanol–water partition coefficient (Wildman–Crippen LogP) is 2.63. The minimum atomic E-state index is -2.97. The summed E-state index contributed by atoms with van der Waals surface area (Å²) in [7, 11) is -2.97. The molecule has 2 atom stereocenters. The summed E-state index contributed by atoms with van der Waals surface area (Å²) < 4.78 is 28.0. The van der Waals surface area contributed by atoms with Gasteiger partial charge in [-0.2, -0.15) is 0 Å². The first kappa shape index (κ1) is 19.7. The van der Waals surface area contributed by atoms with Gasteiger partial charge in [0.2, 0.25) is 0 Å². The van der Waals surface area contributed by atoms with Gasteiger partial charge >= 0.3 is 5.97 Å². The number of fused-ring (bicyclic) bond motifs is 1. The number of esters is 1. The zero-order valence-electron chi connectivity index (χ0n) is 14.9. The highest BCUT2D eigenvalue weighted by atomic mass is 32.2. The SMILES string of the molecule is C[C@H](OC(=O)CS[C@H]1CCS(=O)(=O)C1)C(=O)Nc1ccc2ccccc2c1. The third-order valence-electron chi connectivity index (χ3n) is 4.32. The molecule has 0 aliphatic carbocycles. The minimum Gasteiger partial charge on any atom is -0.452 e. The summed E-state index contributed by atoms with van der Waals surface area (Å²) in [5.74, 6) is -0.626. The number of carbonyl (C=O) groups excluding carboxylic acids is 2. The lowest BCUT2D eigenvalue weighted by Crippen LogP contribution is -2.30. The van der Waals surface area contributed by atoms with E-state index in [4.69, 9.17) is 4.74 Å². The number of benzene rings is 2. The maximum absolute atomic E-state index is 12.3. The van der Waals surface area contributed by atoms with Crippen molar-refractivity contribution >= 4 is 49.9 Å². The molecule has 0 unspecified atom stereocenters. The van der Waals surface area contributed by atoms with Crippen molar-refractivity contribution in [1.29, 1.82) is 0 Å². The van der Waals surface area contributed by atoms with Crippen LogP contribution in [0.15, 0.2) is 42.5 Å². The van der Waals surface area contributed by atoms with E-state index in [1.807, 2.05) is 36.4 Å². The Balaban J connectivity index is 1.48. The number of sulfone groups is 1. The van der Waals surface area contributed by atoms with Crippen LogP contribution in [0.25, 0.3) is 10.8 Å². The molecule has 1 heterocycles. The molecule has 1 saturated heterocycles. The molecule has 0 radical (unpaired) electrons. The molecule has 2 aromatic rings. The van der Waals surface area contributed by atoms with Crippen molar-refractivity contribution in [3.8, 4) is 0 Å². The topological polar surface area (TPSA) is 89.5 Å². The summed E-state index contributed by atoms with van der Waals surface area (Å²) in [5, 5.41) is 4.74. The number of thioether (sulfide) groups is 1. The van der Waals surface area contributed by atoms with Crippen molar-refractivity contribution in [2.45, 2.75) is 24.7 Å². The van der Waals surface area contributed by atoms with Gasteiger partial charge in [-0.25, -0.2) is 8.42 Å². The van der Waals surface area contributed by atoms with Gasteiger partial charge in [0, 0.05) is 10.9 Å². The van der Waals surface area contributed by atoms with Crippen molar-refractivity contribution in [3.05, 3.63) is 42.5 Å². The monoisotopic (exact) mass is 407 g/mol. The number of anilines is 1. The normalized spacial score (nSPS) is 19.5. The first-order valence-corrected chi connectivity index (χ1v) is 11.5.